The lowest BCUT2D eigenvalue weighted by Crippen LogP contribution is -2.18. The van der Waals surface area contributed by atoms with Crippen LogP contribution in [0, 0.1) is 0 Å². The summed E-state index contributed by atoms with van der Waals surface area (Å²) in [7, 11) is 0. The van der Waals surface area contributed by atoms with E-state index in [0.29, 0.717) is 0 Å². The van der Waals surface area contributed by atoms with Crippen LogP contribution in [0.15, 0.2) is 132 Å². The Morgan fingerprint density at radius 1 is 0.778 bits per heavy atom. The minimum absolute atomic E-state index is 0.154. The number of hydrogen-bond donors (Lipinski definition) is 1. The highest BCUT2D eigenvalue weighted by molar-refractivity contribution is 6.03. The highest BCUT2D eigenvalue weighted by Crippen LogP contribution is 2.36. The van der Waals surface area contributed by atoms with Crippen LogP contribution in [0.25, 0.3) is 10.9 Å². The number of anilines is 2. The van der Waals surface area contributed by atoms with Crippen molar-refractivity contribution in [1.29, 1.82) is 0 Å². The van der Waals surface area contributed by atoms with Crippen molar-refractivity contribution in [2.45, 2.75) is 12.5 Å². The summed E-state index contributed by atoms with van der Waals surface area (Å²) in [6.07, 6.45) is 4.48. The molecule has 6 rings (SSSR count). The molecule has 5 aromatic rings. The quantitative estimate of drug-likeness (QED) is 0.215. The average Bonchev–Trinajstić information content (AvgIpc) is 3.40. The van der Waals surface area contributed by atoms with Crippen LogP contribution < -0.4 is 10.4 Å². The summed E-state index contributed by atoms with van der Waals surface area (Å²) in [5, 5.41) is 12.7. The van der Waals surface area contributed by atoms with Crippen LogP contribution in [-0.2, 0) is 0 Å². The van der Waals surface area contributed by atoms with Gasteiger partial charge in [-0.1, -0.05) is 91.0 Å². The van der Waals surface area contributed by atoms with E-state index in [1.165, 1.54) is 11.1 Å². The van der Waals surface area contributed by atoms with E-state index in [1.54, 1.807) is 6.20 Å². The number of hydrazone groups is 2. The first kappa shape index (κ1) is 21.7. The van der Waals surface area contributed by atoms with Gasteiger partial charge in [-0.25, -0.2) is 0 Å². The molecule has 1 aromatic heterocycles. The Bertz CT molecular complexity index is 1520. The summed E-state index contributed by atoms with van der Waals surface area (Å²) >= 11 is 0. The maximum atomic E-state index is 5.04. The molecular formula is C31H25N5. The third-order valence-electron chi connectivity index (χ3n) is 6.39. The zero-order valence-electron chi connectivity index (χ0n) is 19.7. The molecule has 0 spiro atoms. The number of fused-ring (bicyclic) bond motifs is 1. The van der Waals surface area contributed by atoms with Gasteiger partial charge in [0, 0.05) is 18.0 Å². The number of hydrogen-bond acceptors (Lipinski definition) is 5. The van der Waals surface area contributed by atoms with Gasteiger partial charge in [0.15, 0.2) is 0 Å². The van der Waals surface area contributed by atoms with Gasteiger partial charge < -0.3 is 0 Å². The number of nitrogens with zero attached hydrogens (tertiary/aromatic N) is 4. The van der Waals surface area contributed by atoms with Crippen molar-refractivity contribution < 1.29 is 0 Å². The summed E-state index contributed by atoms with van der Waals surface area (Å²) in [5.74, 6) is 0. The Morgan fingerprint density at radius 2 is 1.53 bits per heavy atom. The fourth-order valence-corrected chi connectivity index (χ4v) is 4.57. The van der Waals surface area contributed by atoms with Gasteiger partial charge in [0.2, 0.25) is 0 Å². The molecule has 0 fully saturated rings. The first-order valence-corrected chi connectivity index (χ1v) is 12.1. The predicted octanol–water partition coefficient (Wildman–Crippen LogP) is 7.04. The molecule has 0 radical (unpaired) electrons. The van der Waals surface area contributed by atoms with Gasteiger partial charge in [-0.3, -0.25) is 15.4 Å². The molecule has 1 unspecified atom stereocenters. The highest BCUT2D eigenvalue weighted by Gasteiger charge is 2.29. The Hall–Kier alpha value is -4.77. The van der Waals surface area contributed by atoms with E-state index >= 15 is 0 Å². The lowest BCUT2D eigenvalue weighted by atomic mass is 9.98. The summed E-state index contributed by atoms with van der Waals surface area (Å²) in [6.45, 7) is 0. The van der Waals surface area contributed by atoms with Crippen molar-refractivity contribution in [3.05, 3.63) is 138 Å². The smallest absolute Gasteiger partial charge is 0.0951 e. The molecular weight excluding hydrogens is 442 g/mol. The standard InChI is InChI=1S/C31H25N5/c1-3-9-24(10-4-1)29-21-30(25-11-5-2-6-12-25)36(35-29)27-18-16-23(17-19-27)22-33-34-28-15-7-13-26-14-8-20-32-31(26)28/h1-20,22,30,34H,21H2. The molecule has 36 heavy (non-hydrogen) atoms. The summed E-state index contributed by atoms with van der Waals surface area (Å²) in [6, 6.07) is 39.5. The van der Waals surface area contributed by atoms with Gasteiger partial charge in [0.05, 0.1) is 34.9 Å². The normalized spacial score (nSPS) is 15.4. The topological polar surface area (TPSA) is 52.9 Å². The molecule has 0 amide bonds. The number of pyridine rings is 1. The van der Waals surface area contributed by atoms with Crippen LogP contribution in [0.1, 0.15) is 29.2 Å². The van der Waals surface area contributed by atoms with Gasteiger partial charge >= 0.3 is 0 Å². The average molecular weight is 468 g/mol. The Kier molecular flexibility index (Phi) is 5.94. The summed E-state index contributed by atoms with van der Waals surface area (Å²) in [5.41, 5.74) is 10.5. The Balaban J connectivity index is 1.23. The van der Waals surface area contributed by atoms with Gasteiger partial charge in [0.25, 0.3) is 0 Å². The second kappa shape index (κ2) is 9.84. The summed E-state index contributed by atoms with van der Waals surface area (Å²) in [4.78, 5) is 4.47. The summed E-state index contributed by atoms with van der Waals surface area (Å²) < 4.78 is 0. The molecule has 174 valence electrons. The van der Waals surface area contributed by atoms with Gasteiger partial charge in [-0.15, -0.1) is 0 Å². The molecule has 0 aliphatic carbocycles. The minimum Gasteiger partial charge on any atom is -0.276 e. The minimum atomic E-state index is 0.154. The fourth-order valence-electron chi connectivity index (χ4n) is 4.57. The van der Waals surface area contributed by atoms with Gasteiger partial charge in [-0.2, -0.15) is 10.2 Å². The lowest BCUT2D eigenvalue weighted by Gasteiger charge is -2.24. The number of para-hydroxylation sites is 1. The Morgan fingerprint density at radius 3 is 2.33 bits per heavy atom. The van der Waals surface area contributed by atoms with Crippen LogP contribution in [-0.4, -0.2) is 16.9 Å². The largest absolute Gasteiger partial charge is 0.276 e. The maximum Gasteiger partial charge on any atom is 0.0951 e. The Labute approximate surface area is 210 Å². The van der Waals surface area contributed by atoms with Gasteiger partial charge in [0.1, 0.15) is 0 Å². The molecule has 0 bridgehead atoms. The van der Waals surface area contributed by atoms with Gasteiger partial charge in [-0.05, 0) is 41.0 Å². The van der Waals surface area contributed by atoms with Crippen molar-refractivity contribution in [3.63, 3.8) is 0 Å². The van der Waals surface area contributed by atoms with Crippen molar-refractivity contribution in [2.75, 3.05) is 10.4 Å². The van der Waals surface area contributed by atoms with E-state index in [-0.39, 0.29) is 6.04 Å². The molecule has 1 N–H and O–H groups in total. The zero-order valence-corrected chi connectivity index (χ0v) is 19.7. The lowest BCUT2D eigenvalue weighted by molar-refractivity contribution is 0.709. The highest BCUT2D eigenvalue weighted by atomic mass is 15.5. The van der Waals surface area contributed by atoms with E-state index in [2.05, 4.69) is 99.4 Å². The van der Waals surface area contributed by atoms with Crippen LogP contribution in [0.5, 0.6) is 0 Å². The molecule has 1 aliphatic rings. The van der Waals surface area contributed by atoms with Crippen molar-refractivity contribution in [1.82, 2.24) is 4.98 Å². The van der Waals surface area contributed by atoms with E-state index < -0.39 is 0 Å². The van der Waals surface area contributed by atoms with Crippen LogP contribution >= 0.6 is 0 Å². The van der Waals surface area contributed by atoms with Crippen molar-refractivity contribution in [3.8, 4) is 0 Å². The number of aromatic nitrogens is 1. The van der Waals surface area contributed by atoms with E-state index in [4.69, 9.17) is 5.10 Å². The number of benzene rings is 4. The molecule has 2 heterocycles. The number of nitrogens with one attached hydrogen (secondary N) is 1. The van der Waals surface area contributed by atoms with E-state index in [0.717, 1.165) is 40.0 Å². The molecule has 5 heteroatoms. The first-order chi connectivity index (χ1) is 17.8. The third-order valence-corrected chi connectivity index (χ3v) is 6.39. The van der Waals surface area contributed by atoms with Crippen molar-refractivity contribution in [2.24, 2.45) is 10.2 Å². The van der Waals surface area contributed by atoms with Crippen molar-refractivity contribution >= 4 is 34.2 Å². The molecule has 0 saturated heterocycles. The monoisotopic (exact) mass is 467 g/mol. The maximum absolute atomic E-state index is 5.04. The molecule has 1 atom stereocenters. The van der Waals surface area contributed by atoms with Crippen LogP contribution in [0.4, 0.5) is 11.4 Å². The number of rotatable bonds is 6. The van der Waals surface area contributed by atoms with Crippen LogP contribution in [0.2, 0.25) is 0 Å². The zero-order chi connectivity index (χ0) is 24.2. The van der Waals surface area contributed by atoms with Crippen LogP contribution in [0.3, 0.4) is 0 Å². The second-order valence-electron chi connectivity index (χ2n) is 8.73. The predicted molar refractivity (Wildman–Crippen MR) is 149 cm³/mol. The van der Waals surface area contributed by atoms with E-state index in [9.17, 15) is 0 Å². The molecule has 0 saturated carbocycles. The third kappa shape index (κ3) is 4.46. The van der Waals surface area contributed by atoms with E-state index in [1.807, 2.05) is 42.6 Å². The SMILES string of the molecule is C(=NNc1cccc2cccnc12)c1ccc(N2N=C(c3ccccc3)CC2c2ccccc2)cc1. The first-order valence-electron chi connectivity index (χ1n) is 12.1. The fraction of sp³-hybridized carbons (Fsp3) is 0.0645. The molecule has 1 aliphatic heterocycles. The molecule has 4 aromatic carbocycles. The second-order valence-corrected chi connectivity index (χ2v) is 8.73. The molecule has 5 nitrogen and oxygen atoms in total.